The van der Waals surface area contributed by atoms with Gasteiger partial charge in [-0.15, -0.1) is 0 Å². The molecule has 0 saturated carbocycles. The molecule has 0 bridgehead atoms. The summed E-state index contributed by atoms with van der Waals surface area (Å²) in [6.45, 7) is 6.80. The van der Waals surface area contributed by atoms with E-state index in [0.29, 0.717) is 6.61 Å². The lowest BCUT2D eigenvalue weighted by molar-refractivity contribution is -0.137. The van der Waals surface area contributed by atoms with Gasteiger partial charge in [-0.1, -0.05) is 36.4 Å². The van der Waals surface area contributed by atoms with Gasteiger partial charge in [0.05, 0.1) is 29.7 Å². The van der Waals surface area contributed by atoms with Crippen LogP contribution in [0.4, 0.5) is 0 Å². The zero-order chi connectivity index (χ0) is 23.1. The zero-order valence-electron chi connectivity index (χ0n) is 19.3. The summed E-state index contributed by atoms with van der Waals surface area (Å²) in [6, 6.07) is 19.0. The molecule has 33 heavy (non-hydrogen) atoms. The fraction of sp³-hybridized carbons (Fsp3) is 0.286. The van der Waals surface area contributed by atoms with Crippen LogP contribution in [0.25, 0.3) is 16.7 Å². The molecule has 0 aliphatic carbocycles. The number of ether oxygens (including phenoxy) is 1. The van der Waals surface area contributed by atoms with E-state index in [1.807, 2.05) is 6.07 Å². The van der Waals surface area contributed by atoms with E-state index in [2.05, 4.69) is 73.9 Å². The topological polar surface area (TPSA) is 64.3 Å². The standard InChI is InChI=1S/C28H28N2O3/c1-17-6-4-9-25-28(17)29-19(3)30(25)24-8-5-7-21(18(24)2)12-10-20-11-13-23-22(15-27(31)32)16-33-26(23)14-20/h4-9,11,13-14,22H,10,12,15-16H2,1-3H3,(H,31,32)/t22-/m1/s1. The third-order valence-electron chi connectivity index (χ3n) is 6.77. The highest BCUT2D eigenvalue weighted by atomic mass is 16.5. The molecule has 5 rings (SSSR count). The van der Waals surface area contributed by atoms with Crippen molar-refractivity contribution >= 4 is 17.0 Å². The van der Waals surface area contributed by atoms with Gasteiger partial charge in [0.2, 0.25) is 0 Å². The van der Waals surface area contributed by atoms with Gasteiger partial charge in [0.15, 0.2) is 0 Å². The van der Waals surface area contributed by atoms with Gasteiger partial charge in [-0.2, -0.15) is 0 Å². The molecule has 5 heteroatoms. The van der Waals surface area contributed by atoms with Crippen LogP contribution in [0.1, 0.15) is 46.0 Å². The third-order valence-corrected chi connectivity index (χ3v) is 6.77. The molecule has 1 aliphatic rings. The maximum absolute atomic E-state index is 11.1. The number of para-hydroxylation sites is 1. The first-order valence-electron chi connectivity index (χ1n) is 11.4. The van der Waals surface area contributed by atoms with Crippen LogP contribution in [0.3, 0.4) is 0 Å². The van der Waals surface area contributed by atoms with E-state index in [4.69, 9.17) is 14.8 Å². The lowest BCUT2D eigenvalue weighted by atomic mass is 9.94. The van der Waals surface area contributed by atoms with Crippen molar-refractivity contribution in [2.75, 3.05) is 6.61 Å². The van der Waals surface area contributed by atoms with Crippen LogP contribution < -0.4 is 4.74 Å². The minimum Gasteiger partial charge on any atom is -0.493 e. The first-order valence-corrected chi connectivity index (χ1v) is 11.4. The Labute approximate surface area is 193 Å². The quantitative estimate of drug-likeness (QED) is 0.419. The molecule has 2 heterocycles. The van der Waals surface area contributed by atoms with Gasteiger partial charge >= 0.3 is 5.97 Å². The summed E-state index contributed by atoms with van der Waals surface area (Å²) in [5, 5.41) is 9.11. The molecule has 0 amide bonds. The minimum atomic E-state index is -0.785. The highest BCUT2D eigenvalue weighted by molar-refractivity contribution is 5.81. The highest BCUT2D eigenvalue weighted by Gasteiger charge is 2.26. The molecule has 168 valence electrons. The van der Waals surface area contributed by atoms with E-state index in [1.54, 1.807) is 0 Å². The number of aromatic nitrogens is 2. The van der Waals surface area contributed by atoms with Crippen LogP contribution in [0.5, 0.6) is 5.75 Å². The monoisotopic (exact) mass is 440 g/mol. The smallest absolute Gasteiger partial charge is 0.304 e. The summed E-state index contributed by atoms with van der Waals surface area (Å²) in [5.41, 5.74) is 9.34. The predicted molar refractivity (Wildman–Crippen MR) is 130 cm³/mol. The molecule has 0 spiro atoms. The van der Waals surface area contributed by atoms with Crippen LogP contribution in [-0.2, 0) is 17.6 Å². The van der Waals surface area contributed by atoms with Crippen molar-refractivity contribution in [3.63, 3.8) is 0 Å². The van der Waals surface area contributed by atoms with Crippen molar-refractivity contribution < 1.29 is 14.6 Å². The summed E-state index contributed by atoms with van der Waals surface area (Å²) >= 11 is 0. The number of benzene rings is 3. The molecule has 3 aromatic carbocycles. The van der Waals surface area contributed by atoms with Gasteiger partial charge in [-0.25, -0.2) is 4.98 Å². The number of fused-ring (bicyclic) bond motifs is 2. The molecule has 4 aromatic rings. The number of carbonyl (C=O) groups is 1. The van der Waals surface area contributed by atoms with Crippen molar-refractivity contribution in [1.82, 2.24) is 9.55 Å². The third kappa shape index (κ3) is 3.88. The Morgan fingerprint density at radius 1 is 1.09 bits per heavy atom. The second-order valence-corrected chi connectivity index (χ2v) is 8.98. The Kier molecular flexibility index (Phi) is 5.41. The van der Waals surface area contributed by atoms with Crippen LogP contribution in [0.2, 0.25) is 0 Å². The highest BCUT2D eigenvalue weighted by Crippen LogP contribution is 2.37. The number of aliphatic carboxylic acids is 1. The summed E-state index contributed by atoms with van der Waals surface area (Å²) in [4.78, 5) is 15.9. The second-order valence-electron chi connectivity index (χ2n) is 8.98. The minimum absolute atomic E-state index is 0.0534. The van der Waals surface area contributed by atoms with E-state index in [1.165, 1.54) is 27.9 Å². The van der Waals surface area contributed by atoms with Crippen LogP contribution in [-0.4, -0.2) is 27.2 Å². The van der Waals surface area contributed by atoms with Gasteiger partial charge in [0.1, 0.15) is 11.6 Å². The predicted octanol–water partition coefficient (Wildman–Crippen LogP) is 5.69. The van der Waals surface area contributed by atoms with Crippen molar-refractivity contribution in [1.29, 1.82) is 0 Å². The van der Waals surface area contributed by atoms with Gasteiger partial charge in [0, 0.05) is 11.5 Å². The van der Waals surface area contributed by atoms with Crippen molar-refractivity contribution in [3.8, 4) is 11.4 Å². The summed E-state index contributed by atoms with van der Waals surface area (Å²) in [5.74, 6) is 0.987. The molecule has 5 nitrogen and oxygen atoms in total. The number of carboxylic acid groups (broad SMARTS) is 1. The molecule has 0 saturated heterocycles. The average molecular weight is 441 g/mol. The molecule has 0 fully saturated rings. The van der Waals surface area contributed by atoms with Gasteiger partial charge in [-0.3, -0.25) is 9.36 Å². The number of carboxylic acids is 1. The fourth-order valence-corrected chi connectivity index (χ4v) is 4.98. The maximum Gasteiger partial charge on any atom is 0.304 e. The maximum atomic E-state index is 11.1. The summed E-state index contributed by atoms with van der Waals surface area (Å²) in [6.07, 6.45) is 1.93. The molecule has 1 aliphatic heterocycles. The second kappa shape index (κ2) is 8.39. The lowest BCUT2D eigenvalue weighted by Gasteiger charge is -2.15. The van der Waals surface area contributed by atoms with Gasteiger partial charge in [0.25, 0.3) is 0 Å². The van der Waals surface area contributed by atoms with Crippen LogP contribution in [0, 0.1) is 20.8 Å². The Hall–Kier alpha value is -3.60. The number of nitrogens with zero attached hydrogens (tertiary/aromatic N) is 2. The van der Waals surface area contributed by atoms with E-state index in [-0.39, 0.29) is 12.3 Å². The lowest BCUT2D eigenvalue weighted by Crippen LogP contribution is -2.07. The summed E-state index contributed by atoms with van der Waals surface area (Å²) in [7, 11) is 0. The molecule has 0 unspecified atom stereocenters. The van der Waals surface area contributed by atoms with E-state index < -0.39 is 5.97 Å². The van der Waals surface area contributed by atoms with E-state index in [9.17, 15) is 4.79 Å². The SMILES string of the molecule is Cc1c(CCc2ccc3c(c2)OC[C@H]3CC(=O)O)cccc1-n1c(C)nc2c(C)cccc21. The zero-order valence-corrected chi connectivity index (χ0v) is 19.3. The number of aryl methyl sites for hydroxylation is 4. The molecular weight excluding hydrogens is 412 g/mol. The molecule has 1 N–H and O–H groups in total. The number of rotatable bonds is 6. The Balaban J connectivity index is 1.40. The van der Waals surface area contributed by atoms with Gasteiger partial charge < -0.3 is 9.84 Å². The Morgan fingerprint density at radius 2 is 1.91 bits per heavy atom. The molecule has 0 radical (unpaired) electrons. The number of hydrogen-bond donors (Lipinski definition) is 1. The Bertz CT molecular complexity index is 1370. The largest absolute Gasteiger partial charge is 0.493 e. The molecular formula is C28H28N2O3. The van der Waals surface area contributed by atoms with Crippen molar-refractivity contribution in [3.05, 3.63) is 88.2 Å². The first kappa shape index (κ1) is 21.3. The van der Waals surface area contributed by atoms with Crippen LogP contribution in [0.15, 0.2) is 54.6 Å². The Morgan fingerprint density at radius 3 is 2.73 bits per heavy atom. The summed E-state index contributed by atoms with van der Waals surface area (Å²) < 4.78 is 8.04. The van der Waals surface area contributed by atoms with E-state index in [0.717, 1.165) is 41.0 Å². The molecule has 1 atom stereocenters. The van der Waals surface area contributed by atoms with Gasteiger partial charge in [-0.05, 0) is 74.1 Å². The number of hydrogen-bond acceptors (Lipinski definition) is 3. The molecule has 1 aromatic heterocycles. The normalized spacial score (nSPS) is 14.9. The van der Waals surface area contributed by atoms with Crippen LogP contribution >= 0.6 is 0 Å². The van der Waals surface area contributed by atoms with E-state index >= 15 is 0 Å². The first-order chi connectivity index (χ1) is 15.9. The number of imidazole rings is 1. The fourth-order valence-electron chi connectivity index (χ4n) is 4.98. The van der Waals surface area contributed by atoms with Crippen molar-refractivity contribution in [2.24, 2.45) is 0 Å². The average Bonchev–Trinajstić information content (AvgIpc) is 3.33. The van der Waals surface area contributed by atoms with Crippen molar-refractivity contribution in [2.45, 2.75) is 46.0 Å².